The van der Waals surface area contributed by atoms with Crippen LogP contribution in [0.2, 0.25) is 0 Å². The molecular weight excluding hydrogens is 405 g/mol. The highest BCUT2D eigenvalue weighted by molar-refractivity contribution is 5.85. The number of nitrogens with zero attached hydrogens (tertiary/aromatic N) is 1. The number of carbonyl (C=O) groups excluding carboxylic acids is 1. The van der Waals surface area contributed by atoms with Gasteiger partial charge in [-0.2, -0.15) is 0 Å². The van der Waals surface area contributed by atoms with E-state index in [-0.39, 0.29) is 42.8 Å². The standard InChI is InChI=1S/C23H29N3O.2ClH/c24-22(18-9-5-2-6-10-18)15-23(27)25-19-13-20-11-12-21(14-19)26(20)16-17-7-3-1-4-8-17;;/h1-10,19-22H,11-16,24H2,(H,25,27);2*1H. The minimum Gasteiger partial charge on any atom is -0.353 e. The Kier molecular flexibility index (Phi) is 8.97. The summed E-state index contributed by atoms with van der Waals surface area (Å²) in [6, 6.07) is 21.8. The summed E-state index contributed by atoms with van der Waals surface area (Å²) in [7, 11) is 0. The molecule has 0 aliphatic carbocycles. The molecule has 0 radical (unpaired) electrons. The third kappa shape index (κ3) is 5.95. The van der Waals surface area contributed by atoms with Gasteiger partial charge in [-0.3, -0.25) is 9.69 Å². The topological polar surface area (TPSA) is 58.4 Å². The lowest BCUT2D eigenvalue weighted by Gasteiger charge is -2.39. The average molecular weight is 436 g/mol. The highest BCUT2D eigenvalue weighted by Gasteiger charge is 2.40. The second kappa shape index (κ2) is 11.0. The summed E-state index contributed by atoms with van der Waals surface area (Å²) in [5.74, 6) is 0.0762. The van der Waals surface area contributed by atoms with Crippen molar-refractivity contribution in [2.75, 3.05) is 0 Å². The molecule has 3 N–H and O–H groups in total. The lowest BCUT2D eigenvalue weighted by Crippen LogP contribution is -2.50. The Labute approximate surface area is 186 Å². The Hall–Kier alpha value is -1.59. The predicted molar refractivity (Wildman–Crippen MR) is 122 cm³/mol. The number of rotatable bonds is 6. The van der Waals surface area contributed by atoms with Crippen molar-refractivity contribution in [1.82, 2.24) is 10.2 Å². The van der Waals surface area contributed by atoms with Crippen molar-refractivity contribution in [3.05, 3.63) is 71.8 Å². The number of hydrogen-bond donors (Lipinski definition) is 2. The van der Waals surface area contributed by atoms with Crippen LogP contribution in [0.3, 0.4) is 0 Å². The van der Waals surface area contributed by atoms with Crippen LogP contribution >= 0.6 is 24.8 Å². The fraction of sp³-hybridized carbons (Fsp3) is 0.435. The number of carbonyl (C=O) groups is 1. The maximum atomic E-state index is 12.5. The van der Waals surface area contributed by atoms with Crippen molar-refractivity contribution in [2.24, 2.45) is 5.73 Å². The first-order chi connectivity index (χ1) is 13.2. The molecule has 4 nitrogen and oxygen atoms in total. The van der Waals surface area contributed by atoms with Gasteiger partial charge in [0, 0.05) is 37.1 Å². The van der Waals surface area contributed by atoms with E-state index in [0.717, 1.165) is 24.9 Å². The van der Waals surface area contributed by atoms with E-state index >= 15 is 0 Å². The van der Waals surface area contributed by atoms with E-state index in [1.54, 1.807) is 0 Å². The molecule has 0 saturated carbocycles. The highest BCUT2D eigenvalue weighted by Crippen LogP contribution is 2.36. The molecule has 2 aromatic rings. The summed E-state index contributed by atoms with van der Waals surface area (Å²) < 4.78 is 0. The number of amides is 1. The normalized spacial score (nSPS) is 24.1. The first kappa shape index (κ1) is 23.7. The first-order valence-electron chi connectivity index (χ1n) is 10.1. The first-order valence-corrected chi connectivity index (χ1v) is 10.1. The lowest BCUT2D eigenvalue weighted by molar-refractivity contribution is -0.122. The van der Waals surface area contributed by atoms with E-state index in [1.807, 2.05) is 30.3 Å². The number of halogens is 2. The van der Waals surface area contributed by atoms with E-state index < -0.39 is 0 Å². The molecule has 0 aromatic heterocycles. The molecule has 3 unspecified atom stereocenters. The van der Waals surface area contributed by atoms with E-state index in [2.05, 4.69) is 40.5 Å². The molecule has 2 bridgehead atoms. The summed E-state index contributed by atoms with van der Waals surface area (Å²) in [4.78, 5) is 15.1. The second-order valence-electron chi connectivity index (χ2n) is 8.00. The molecule has 1 amide bonds. The monoisotopic (exact) mass is 435 g/mol. The van der Waals surface area contributed by atoms with Crippen molar-refractivity contribution in [3.8, 4) is 0 Å². The van der Waals surface area contributed by atoms with Gasteiger partial charge < -0.3 is 11.1 Å². The van der Waals surface area contributed by atoms with Crippen LogP contribution in [0.5, 0.6) is 0 Å². The second-order valence-corrected chi connectivity index (χ2v) is 8.00. The summed E-state index contributed by atoms with van der Waals surface area (Å²) in [5.41, 5.74) is 8.61. The van der Waals surface area contributed by atoms with Crippen LogP contribution in [-0.2, 0) is 11.3 Å². The SMILES string of the molecule is Cl.Cl.NC(CC(=O)NC1CC2CCC(C1)N2Cc1ccccc1)c1ccccc1. The minimum absolute atomic E-state index is 0. The number of piperidine rings is 1. The van der Waals surface area contributed by atoms with Gasteiger partial charge in [0.1, 0.15) is 0 Å². The zero-order chi connectivity index (χ0) is 18.6. The number of fused-ring (bicyclic) bond motifs is 2. The molecule has 6 heteroatoms. The van der Waals surface area contributed by atoms with Crippen LogP contribution in [0, 0.1) is 0 Å². The van der Waals surface area contributed by atoms with Crippen LogP contribution in [0.1, 0.15) is 49.3 Å². The molecule has 4 rings (SSSR count). The summed E-state index contributed by atoms with van der Waals surface area (Å²) in [6.07, 6.45) is 4.94. The van der Waals surface area contributed by atoms with Crippen LogP contribution < -0.4 is 11.1 Å². The Morgan fingerprint density at radius 3 is 2.10 bits per heavy atom. The largest absolute Gasteiger partial charge is 0.353 e. The highest BCUT2D eigenvalue weighted by atomic mass is 35.5. The molecule has 2 saturated heterocycles. The summed E-state index contributed by atoms with van der Waals surface area (Å²) in [5, 5.41) is 3.26. The van der Waals surface area contributed by atoms with Crippen molar-refractivity contribution in [3.63, 3.8) is 0 Å². The fourth-order valence-electron chi connectivity index (χ4n) is 4.75. The van der Waals surface area contributed by atoms with Crippen LogP contribution in [0.4, 0.5) is 0 Å². The Morgan fingerprint density at radius 2 is 1.52 bits per heavy atom. The van der Waals surface area contributed by atoms with E-state index in [4.69, 9.17) is 5.73 Å². The van der Waals surface area contributed by atoms with Crippen molar-refractivity contribution in [1.29, 1.82) is 0 Å². The summed E-state index contributed by atoms with van der Waals surface area (Å²) in [6.45, 7) is 1.02. The van der Waals surface area contributed by atoms with Gasteiger partial charge >= 0.3 is 0 Å². The zero-order valence-corrected chi connectivity index (χ0v) is 18.2. The molecule has 0 spiro atoms. The molecule has 29 heavy (non-hydrogen) atoms. The van der Waals surface area contributed by atoms with Gasteiger partial charge in [0.2, 0.25) is 5.91 Å². The van der Waals surface area contributed by atoms with E-state index in [0.29, 0.717) is 18.5 Å². The van der Waals surface area contributed by atoms with E-state index in [1.165, 1.54) is 18.4 Å². The maximum Gasteiger partial charge on any atom is 0.222 e. The summed E-state index contributed by atoms with van der Waals surface area (Å²) >= 11 is 0. The number of hydrogen-bond acceptors (Lipinski definition) is 3. The zero-order valence-electron chi connectivity index (χ0n) is 16.6. The molecular formula is C23H31Cl2N3O. The number of nitrogens with two attached hydrogens (primary N) is 1. The third-order valence-corrected chi connectivity index (χ3v) is 6.09. The predicted octanol–water partition coefficient (Wildman–Crippen LogP) is 4.23. The lowest BCUT2D eigenvalue weighted by atomic mass is 9.96. The van der Waals surface area contributed by atoms with Gasteiger partial charge in [-0.15, -0.1) is 24.8 Å². The quantitative estimate of drug-likeness (QED) is 0.713. The van der Waals surface area contributed by atoms with Gasteiger partial charge in [-0.25, -0.2) is 0 Å². The smallest absolute Gasteiger partial charge is 0.222 e. The van der Waals surface area contributed by atoms with Gasteiger partial charge in [-0.1, -0.05) is 60.7 Å². The molecule has 2 aliphatic heterocycles. The van der Waals surface area contributed by atoms with Crippen LogP contribution in [0.15, 0.2) is 60.7 Å². The van der Waals surface area contributed by atoms with E-state index in [9.17, 15) is 4.79 Å². The molecule has 2 aliphatic rings. The molecule has 158 valence electrons. The number of benzene rings is 2. The van der Waals surface area contributed by atoms with Gasteiger partial charge in [-0.05, 0) is 36.8 Å². The third-order valence-electron chi connectivity index (χ3n) is 6.09. The molecule has 2 fully saturated rings. The fourth-order valence-corrected chi connectivity index (χ4v) is 4.75. The Balaban J connectivity index is 0.00000150. The molecule has 2 heterocycles. The van der Waals surface area contributed by atoms with Gasteiger partial charge in [0.15, 0.2) is 0 Å². The van der Waals surface area contributed by atoms with Crippen LogP contribution in [-0.4, -0.2) is 28.9 Å². The Bertz CT molecular complexity index is 745. The Morgan fingerprint density at radius 1 is 0.966 bits per heavy atom. The average Bonchev–Trinajstić information content (AvgIpc) is 2.91. The van der Waals surface area contributed by atoms with Gasteiger partial charge in [0.25, 0.3) is 0 Å². The van der Waals surface area contributed by atoms with Crippen molar-refractivity contribution < 1.29 is 4.79 Å². The van der Waals surface area contributed by atoms with Crippen molar-refractivity contribution in [2.45, 2.75) is 62.8 Å². The number of nitrogens with one attached hydrogen (secondary N) is 1. The van der Waals surface area contributed by atoms with Crippen molar-refractivity contribution >= 4 is 30.7 Å². The van der Waals surface area contributed by atoms with Crippen LogP contribution in [0.25, 0.3) is 0 Å². The molecule has 2 aromatic carbocycles. The molecule has 3 atom stereocenters. The maximum absolute atomic E-state index is 12.5. The minimum atomic E-state index is -0.235. The van der Waals surface area contributed by atoms with Gasteiger partial charge in [0.05, 0.1) is 0 Å².